The molecule has 4 heteroatoms. The minimum Gasteiger partial charge on any atom is -0.371 e. The van der Waals surface area contributed by atoms with Crippen molar-refractivity contribution in [1.82, 2.24) is 9.97 Å². The summed E-state index contributed by atoms with van der Waals surface area (Å²) in [4.78, 5) is 9.15. The molecule has 0 amide bonds. The summed E-state index contributed by atoms with van der Waals surface area (Å²) in [5.41, 5.74) is 2.30. The molecule has 0 N–H and O–H groups in total. The first-order valence-corrected chi connectivity index (χ1v) is 7.30. The van der Waals surface area contributed by atoms with Crippen LogP contribution in [0.4, 0.5) is 0 Å². The Morgan fingerprint density at radius 2 is 1.94 bits per heavy atom. The molecule has 1 aliphatic carbocycles. The third-order valence-electron chi connectivity index (χ3n) is 3.43. The number of halogens is 1. The predicted molar refractivity (Wildman–Crippen MR) is 73.0 cm³/mol. The molecule has 0 aromatic carbocycles. The van der Waals surface area contributed by atoms with Crippen LogP contribution in [0, 0.1) is 0 Å². The first-order valence-electron chi connectivity index (χ1n) is 6.93. The number of fused-ring (bicyclic) bond motifs is 1. The molecule has 1 heterocycles. The van der Waals surface area contributed by atoms with E-state index in [0.717, 1.165) is 36.3 Å². The van der Waals surface area contributed by atoms with E-state index >= 15 is 0 Å². The van der Waals surface area contributed by atoms with Crippen LogP contribution in [0.5, 0.6) is 0 Å². The van der Waals surface area contributed by atoms with Crippen LogP contribution in [0.25, 0.3) is 0 Å². The van der Waals surface area contributed by atoms with Crippen LogP contribution in [0.2, 0.25) is 5.15 Å². The standard InChI is InChI=1S/C14H21ClN2O/c1-3-12(18-4-2)14-16-11-9-7-5-6-8-10(11)13(15)17-14/h12H,3-9H2,1-2H3. The van der Waals surface area contributed by atoms with Gasteiger partial charge in [0.15, 0.2) is 5.82 Å². The van der Waals surface area contributed by atoms with Gasteiger partial charge < -0.3 is 4.74 Å². The van der Waals surface area contributed by atoms with E-state index < -0.39 is 0 Å². The van der Waals surface area contributed by atoms with Gasteiger partial charge >= 0.3 is 0 Å². The zero-order chi connectivity index (χ0) is 13.0. The number of hydrogen-bond donors (Lipinski definition) is 0. The molecule has 0 spiro atoms. The molecule has 0 fully saturated rings. The largest absolute Gasteiger partial charge is 0.371 e. The number of ether oxygens (including phenoxy) is 1. The van der Waals surface area contributed by atoms with Gasteiger partial charge in [-0.05, 0) is 39.0 Å². The van der Waals surface area contributed by atoms with Crippen molar-refractivity contribution >= 4 is 11.6 Å². The highest BCUT2D eigenvalue weighted by Gasteiger charge is 2.19. The van der Waals surface area contributed by atoms with Gasteiger partial charge in [-0.1, -0.05) is 24.9 Å². The van der Waals surface area contributed by atoms with Gasteiger partial charge in [-0.15, -0.1) is 0 Å². The number of aryl methyl sites for hydroxylation is 1. The van der Waals surface area contributed by atoms with Gasteiger partial charge in [0, 0.05) is 17.9 Å². The second-order valence-electron chi connectivity index (χ2n) is 4.71. The molecule has 1 aromatic rings. The van der Waals surface area contributed by atoms with Crippen molar-refractivity contribution in [2.75, 3.05) is 6.61 Å². The van der Waals surface area contributed by atoms with Crippen LogP contribution in [0.15, 0.2) is 0 Å². The van der Waals surface area contributed by atoms with Crippen LogP contribution < -0.4 is 0 Å². The second-order valence-corrected chi connectivity index (χ2v) is 5.07. The van der Waals surface area contributed by atoms with Gasteiger partial charge in [0.1, 0.15) is 11.3 Å². The SMILES string of the molecule is CCOC(CC)c1nc(Cl)c2c(n1)CCCCC2. The Kier molecular flexibility index (Phi) is 4.95. The van der Waals surface area contributed by atoms with Crippen LogP contribution in [0.3, 0.4) is 0 Å². The molecule has 0 saturated heterocycles. The van der Waals surface area contributed by atoms with Crippen LogP contribution >= 0.6 is 11.6 Å². The maximum absolute atomic E-state index is 6.31. The highest BCUT2D eigenvalue weighted by molar-refractivity contribution is 6.30. The van der Waals surface area contributed by atoms with Crippen molar-refractivity contribution in [2.45, 2.75) is 58.5 Å². The second kappa shape index (κ2) is 6.48. The average molecular weight is 269 g/mol. The van der Waals surface area contributed by atoms with E-state index in [1.165, 1.54) is 19.3 Å². The first-order chi connectivity index (χ1) is 8.76. The highest BCUT2D eigenvalue weighted by atomic mass is 35.5. The molecule has 1 atom stereocenters. The van der Waals surface area contributed by atoms with E-state index in [-0.39, 0.29) is 6.10 Å². The molecule has 0 aliphatic heterocycles. The summed E-state index contributed by atoms with van der Waals surface area (Å²) >= 11 is 6.31. The lowest BCUT2D eigenvalue weighted by atomic mass is 10.1. The summed E-state index contributed by atoms with van der Waals surface area (Å²) in [6.07, 6.45) is 6.53. The molecule has 1 unspecified atom stereocenters. The zero-order valence-corrected chi connectivity index (χ0v) is 12.0. The van der Waals surface area contributed by atoms with E-state index in [2.05, 4.69) is 11.9 Å². The van der Waals surface area contributed by atoms with E-state index in [1.54, 1.807) is 0 Å². The molecular formula is C14H21ClN2O. The summed E-state index contributed by atoms with van der Waals surface area (Å²) in [5, 5.41) is 0.634. The summed E-state index contributed by atoms with van der Waals surface area (Å²) in [7, 11) is 0. The highest BCUT2D eigenvalue weighted by Crippen LogP contribution is 2.27. The van der Waals surface area contributed by atoms with Gasteiger partial charge in [-0.25, -0.2) is 9.97 Å². The van der Waals surface area contributed by atoms with Gasteiger partial charge in [0.25, 0.3) is 0 Å². The van der Waals surface area contributed by atoms with Crippen molar-refractivity contribution < 1.29 is 4.74 Å². The molecule has 0 radical (unpaired) electrons. The lowest BCUT2D eigenvalue weighted by molar-refractivity contribution is 0.0533. The molecule has 1 aromatic heterocycles. The summed E-state index contributed by atoms with van der Waals surface area (Å²) in [6.45, 7) is 4.76. The van der Waals surface area contributed by atoms with Crippen molar-refractivity contribution in [2.24, 2.45) is 0 Å². The third-order valence-corrected chi connectivity index (χ3v) is 3.74. The van der Waals surface area contributed by atoms with Crippen molar-refractivity contribution in [3.05, 3.63) is 22.2 Å². The van der Waals surface area contributed by atoms with E-state index in [0.29, 0.717) is 11.8 Å². The number of rotatable bonds is 4. The Bertz CT molecular complexity index is 409. The average Bonchev–Trinajstić information content (AvgIpc) is 2.61. The Labute approximate surface area is 114 Å². The Hall–Kier alpha value is -0.670. The number of aromatic nitrogens is 2. The fourth-order valence-electron chi connectivity index (χ4n) is 2.46. The van der Waals surface area contributed by atoms with Gasteiger partial charge in [0.2, 0.25) is 0 Å². The smallest absolute Gasteiger partial charge is 0.159 e. The topological polar surface area (TPSA) is 35.0 Å². The summed E-state index contributed by atoms with van der Waals surface area (Å²) in [6, 6.07) is 0. The van der Waals surface area contributed by atoms with Crippen molar-refractivity contribution in [3.63, 3.8) is 0 Å². The van der Waals surface area contributed by atoms with Crippen molar-refractivity contribution in [3.8, 4) is 0 Å². The lowest BCUT2D eigenvalue weighted by Gasteiger charge is -2.16. The minimum absolute atomic E-state index is 0.0268. The van der Waals surface area contributed by atoms with E-state index in [9.17, 15) is 0 Å². The molecule has 2 rings (SSSR count). The Morgan fingerprint density at radius 3 is 2.67 bits per heavy atom. The van der Waals surface area contributed by atoms with Gasteiger partial charge in [-0.3, -0.25) is 0 Å². The van der Waals surface area contributed by atoms with Gasteiger partial charge in [0.05, 0.1) is 0 Å². The number of nitrogens with zero attached hydrogens (tertiary/aromatic N) is 2. The Balaban J connectivity index is 2.33. The molecule has 1 aliphatic rings. The Morgan fingerprint density at radius 1 is 1.17 bits per heavy atom. The van der Waals surface area contributed by atoms with Crippen LogP contribution in [-0.4, -0.2) is 16.6 Å². The van der Waals surface area contributed by atoms with Gasteiger partial charge in [-0.2, -0.15) is 0 Å². The number of hydrogen-bond acceptors (Lipinski definition) is 3. The molecule has 0 saturated carbocycles. The fourth-order valence-corrected chi connectivity index (χ4v) is 2.75. The zero-order valence-electron chi connectivity index (χ0n) is 11.2. The molecule has 18 heavy (non-hydrogen) atoms. The quantitative estimate of drug-likeness (QED) is 0.614. The maximum Gasteiger partial charge on any atom is 0.159 e. The molecule has 0 bridgehead atoms. The lowest BCUT2D eigenvalue weighted by Crippen LogP contribution is -2.11. The summed E-state index contributed by atoms with van der Waals surface area (Å²) in [5.74, 6) is 0.755. The van der Waals surface area contributed by atoms with Crippen LogP contribution in [-0.2, 0) is 17.6 Å². The molecular weight excluding hydrogens is 248 g/mol. The van der Waals surface area contributed by atoms with Crippen molar-refractivity contribution in [1.29, 1.82) is 0 Å². The predicted octanol–water partition coefficient (Wildman–Crippen LogP) is 3.89. The fraction of sp³-hybridized carbons (Fsp3) is 0.714. The summed E-state index contributed by atoms with van der Waals surface area (Å²) < 4.78 is 5.67. The molecule has 100 valence electrons. The first kappa shape index (κ1) is 13.8. The van der Waals surface area contributed by atoms with Crippen LogP contribution in [0.1, 0.15) is 62.7 Å². The monoisotopic (exact) mass is 268 g/mol. The van der Waals surface area contributed by atoms with E-state index in [4.69, 9.17) is 21.3 Å². The minimum atomic E-state index is -0.0268. The third kappa shape index (κ3) is 3.01. The maximum atomic E-state index is 6.31. The van der Waals surface area contributed by atoms with E-state index in [1.807, 2.05) is 6.92 Å². The normalized spacial score (nSPS) is 17.1. The molecule has 3 nitrogen and oxygen atoms in total.